The molecule has 140 valence electrons. The lowest BCUT2D eigenvalue weighted by atomic mass is 9.87. The molecule has 0 unspecified atom stereocenters. The van der Waals surface area contributed by atoms with Crippen LogP contribution in [0.25, 0.3) is 0 Å². The van der Waals surface area contributed by atoms with Crippen LogP contribution in [0.15, 0.2) is 23.2 Å². The van der Waals surface area contributed by atoms with Crippen molar-refractivity contribution in [3.63, 3.8) is 0 Å². The van der Waals surface area contributed by atoms with Crippen molar-refractivity contribution in [1.82, 2.24) is 9.59 Å². The number of ketones is 1. The van der Waals surface area contributed by atoms with E-state index < -0.39 is 5.54 Å². The summed E-state index contributed by atoms with van der Waals surface area (Å²) in [7, 11) is 4.61. The third-order valence-corrected chi connectivity index (χ3v) is 5.74. The maximum Gasteiger partial charge on any atom is 0.180 e. The number of nitrogens with two attached hydrogens (primary N) is 1. The maximum absolute atomic E-state index is 14.4. The number of aliphatic imine (C=N–C) groups is 1. The molecular formula is C16H17ClFIN4OS2. The van der Waals surface area contributed by atoms with Gasteiger partial charge in [-0.25, -0.2) is 4.39 Å². The van der Waals surface area contributed by atoms with E-state index in [2.05, 4.69) is 23.5 Å². The zero-order valence-corrected chi connectivity index (χ0v) is 18.7. The second-order valence-corrected chi connectivity index (χ2v) is 7.79. The summed E-state index contributed by atoms with van der Waals surface area (Å²) in [5.41, 5.74) is 6.98. The molecule has 2 N–H and O–H groups in total. The van der Waals surface area contributed by atoms with E-state index in [0.717, 1.165) is 22.8 Å². The molecule has 5 nitrogen and oxygen atoms in total. The van der Waals surface area contributed by atoms with Crippen LogP contribution in [0, 0.1) is 12.7 Å². The first-order valence-electron chi connectivity index (χ1n) is 7.62. The molecule has 1 atom stereocenters. The highest BCUT2D eigenvalue weighted by Crippen LogP contribution is 2.36. The molecule has 0 saturated heterocycles. The number of aryl methyl sites for hydroxylation is 1. The van der Waals surface area contributed by atoms with Crippen molar-refractivity contribution in [2.24, 2.45) is 10.7 Å². The number of aromatic nitrogens is 2. The molecule has 1 aromatic heterocycles. The molecule has 0 spiro atoms. The molecule has 0 amide bonds. The Hall–Kier alpha value is -0.780. The van der Waals surface area contributed by atoms with Crippen molar-refractivity contribution in [3.05, 3.63) is 45.7 Å². The lowest BCUT2D eigenvalue weighted by Gasteiger charge is -2.30. The largest absolute Gasteiger partial charge is 0.379 e. The molecule has 0 fully saturated rings. The van der Waals surface area contributed by atoms with Crippen molar-refractivity contribution in [3.8, 4) is 0 Å². The molecule has 0 aliphatic carbocycles. The van der Waals surface area contributed by atoms with Crippen molar-refractivity contribution in [2.75, 3.05) is 5.75 Å². The van der Waals surface area contributed by atoms with Gasteiger partial charge in [-0.3, -0.25) is 9.79 Å². The first-order chi connectivity index (χ1) is 12.4. The predicted octanol–water partition coefficient (Wildman–Crippen LogP) is 4.65. The van der Waals surface area contributed by atoms with Crippen LogP contribution in [-0.4, -0.2) is 26.3 Å². The number of benzene rings is 1. The second-order valence-electron chi connectivity index (χ2n) is 5.92. The fourth-order valence-electron chi connectivity index (χ4n) is 2.73. The van der Waals surface area contributed by atoms with Gasteiger partial charge in [-0.2, -0.15) is 0 Å². The molecule has 1 aromatic carbocycles. The number of amidine groups is 1. The minimum absolute atomic E-state index is 0.0626. The molecule has 3 rings (SSSR count). The van der Waals surface area contributed by atoms with Crippen molar-refractivity contribution in [1.29, 1.82) is 0 Å². The molecule has 0 saturated carbocycles. The Bertz CT molecular complexity index is 832. The van der Waals surface area contributed by atoms with E-state index in [1.54, 1.807) is 40.5 Å². The molecule has 2 aromatic rings. The SMILES string of the molecule is Cc1nnsc1C(=O)Cc1ccc(F)c([C@]2(C)CCSC(N)=N2)c1.ClI. The summed E-state index contributed by atoms with van der Waals surface area (Å²) in [6, 6.07) is 4.76. The number of nitrogens with zero attached hydrogens (tertiary/aromatic N) is 3. The molecule has 26 heavy (non-hydrogen) atoms. The fourth-order valence-corrected chi connectivity index (χ4v) is 4.29. The van der Waals surface area contributed by atoms with Gasteiger partial charge in [0.25, 0.3) is 0 Å². The van der Waals surface area contributed by atoms with Gasteiger partial charge < -0.3 is 5.73 Å². The Labute approximate surface area is 177 Å². The van der Waals surface area contributed by atoms with E-state index in [-0.39, 0.29) is 18.0 Å². The lowest BCUT2D eigenvalue weighted by Crippen LogP contribution is -2.29. The molecule has 0 radical (unpaired) electrons. The predicted molar refractivity (Wildman–Crippen MR) is 115 cm³/mol. The van der Waals surface area contributed by atoms with Crippen molar-refractivity contribution >= 4 is 64.6 Å². The Morgan fingerprint density at radius 3 is 2.81 bits per heavy atom. The quantitative estimate of drug-likeness (QED) is 0.463. The highest BCUT2D eigenvalue weighted by atomic mass is 127. The van der Waals surface area contributed by atoms with Gasteiger partial charge >= 0.3 is 0 Å². The van der Waals surface area contributed by atoms with Crippen molar-refractivity contribution < 1.29 is 9.18 Å². The number of hydrogen-bond donors (Lipinski definition) is 1. The molecule has 1 aliphatic heterocycles. The van der Waals surface area contributed by atoms with Gasteiger partial charge in [0.2, 0.25) is 0 Å². The molecule has 2 heterocycles. The zero-order valence-electron chi connectivity index (χ0n) is 14.1. The standard InChI is InChI=1S/C16H17FN4OS2.ClI/c1-9-14(24-21-20-9)13(22)8-10-3-4-12(17)11(7-10)16(2)5-6-23-15(18)19-16;1-2/h3-4,7H,5-6,8H2,1-2H3,(H2,18,19);/t16-;/m0./s1. The van der Waals surface area contributed by atoms with Crippen LogP contribution >= 0.6 is 53.7 Å². The van der Waals surface area contributed by atoms with Gasteiger partial charge in [-0.05, 0) is 58.4 Å². The van der Waals surface area contributed by atoms with E-state index in [1.807, 2.05) is 6.92 Å². The van der Waals surface area contributed by atoms with E-state index in [4.69, 9.17) is 5.73 Å². The third kappa shape index (κ3) is 4.93. The van der Waals surface area contributed by atoms with E-state index >= 15 is 0 Å². The van der Waals surface area contributed by atoms with Gasteiger partial charge in [0.1, 0.15) is 10.7 Å². The van der Waals surface area contributed by atoms with E-state index in [1.165, 1.54) is 17.8 Å². The number of thioether (sulfide) groups is 1. The Morgan fingerprint density at radius 2 is 2.19 bits per heavy atom. The maximum atomic E-state index is 14.4. The van der Waals surface area contributed by atoms with Crippen LogP contribution in [0.3, 0.4) is 0 Å². The second kappa shape index (κ2) is 9.43. The van der Waals surface area contributed by atoms with Gasteiger partial charge in [-0.1, -0.05) is 22.3 Å². The normalized spacial score (nSPS) is 19.3. The van der Waals surface area contributed by atoms with Crippen LogP contribution in [0.2, 0.25) is 0 Å². The average molecular weight is 527 g/mol. The smallest absolute Gasteiger partial charge is 0.180 e. The van der Waals surface area contributed by atoms with Crippen LogP contribution in [-0.2, 0) is 12.0 Å². The minimum Gasteiger partial charge on any atom is -0.379 e. The van der Waals surface area contributed by atoms with Gasteiger partial charge in [-0.15, -0.1) is 5.10 Å². The average Bonchev–Trinajstić information content (AvgIpc) is 3.04. The fraction of sp³-hybridized carbons (Fsp3) is 0.375. The van der Waals surface area contributed by atoms with Gasteiger partial charge in [0.15, 0.2) is 11.0 Å². The number of halogens is 3. The van der Waals surface area contributed by atoms with Crippen LogP contribution in [0.4, 0.5) is 4.39 Å². The summed E-state index contributed by atoms with van der Waals surface area (Å²) in [6.45, 7) is 3.63. The summed E-state index contributed by atoms with van der Waals surface area (Å²) in [5.74, 6) is 0.403. The summed E-state index contributed by atoms with van der Waals surface area (Å²) in [5, 5.41) is 4.33. The van der Waals surface area contributed by atoms with Gasteiger partial charge in [0, 0.05) is 39.2 Å². The Balaban J connectivity index is 0.00000117. The number of Topliss-reactive ketones (excluding diaryl/α,β-unsaturated/α-hetero) is 1. The Kier molecular flexibility index (Phi) is 7.80. The monoisotopic (exact) mass is 526 g/mol. The number of hydrogen-bond acceptors (Lipinski definition) is 7. The van der Waals surface area contributed by atoms with Gasteiger partial charge in [0.05, 0.1) is 11.2 Å². The van der Waals surface area contributed by atoms with Crippen molar-refractivity contribution in [2.45, 2.75) is 32.2 Å². The first-order valence-corrected chi connectivity index (χ1v) is 12.1. The molecule has 0 bridgehead atoms. The Morgan fingerprint density at radius 1 is 1.46 bits per heavy atom. The number of rotatable bonds is 4. The first kappa shape index (κ1) is 21.5. The van der Waals surface area contributed by atoms with Crippen LogP contribution < -0.4 is 5.73 Å². The summed E-state index contributed by atoms with van der Waals surface area (Å²) in [4.78, 5) is 17.4. The molecule has 1 aliphatic rings. The summed E-state index contributed by atoms with van der Waals surface area (Å²) >= 11 is 4.18. The summed E-state index contributed by atoms with van der Waals surface area (Å²) < 4.78 is 18.2. The number of carbonyl (C=O) groups excluding carboxylic acids is 1. The van der Waals surface area contributed by atoms with Crippen LogP contribution in [0.5, 0.6) is 0 Å². The number of carbonyl (C=O) groups is 1. The van der Waals surface area contributed by atoms with Crippen LogP contribution in [0.1, 0.15) is 39.8 Å². The topological polar surface area (TPSA) is 81.2 Å². The summed E-state index contributed by atoms with van der Waals surface area (Å²) in [6.07, 6.45) is 0.882. The van der Waals surface area contributed by atoms with E-state index in [9.17, 15) is 9.18 Å². The molecular weight excluding hydrogens is 510 g/mol. The third-order valence-electron chi connectivity index (χ3n) is 4.08. The minimum atomic E-state index is -0.694. The van der Waals surface area contributed by atoms with E-state index in [0.29, 0.717) is 27.7 Å². The lowest BCUT2D eigenvalue weighted by molar-refractivity contribution is 0.0996. The highest BCUT2D eigenvalue weighted by Gasteiger charge is 2.32. The zero-order chi connectivity index (χ0) is 19.3. The highest BCUT2D eigenvalue weighted by molar-refractivity contribution is 14.1. The molecule has 10 heteroatoms.